The standard InChI is InChI=1S/C19H19N5O3S2/c1-12-20-18-13-6-3-4-7-14(13)21-19(24(18)22-12)28-9-5-8-23-15(25)11-29-16(23)10-17(26)27-2/h3-4,6-7,10H,5,8-9,11H2,1-2H3/b16-10+. The average molecular weight is 430 g/mol. The first-order chi connectivity index (χ1) is 14.1. The number of thioether (sulfide) groups is 2. The SMILES string of the molecule is COC(=O)/C=C1/SCC(=O)N1CCCSc1nc2ccccc2c2nc(C)nn12. The van der Waals surface area contributed by atoms with Gasteiger partial charge in [-0.05, 0) is 25.5 Å². The fourth-order valence-corrected chi connectivity index (χ4v) is 4.87. The van der Waals surface area contributed by atoms with E-state index in [1.54, 1.807) is 21.2 Å². The molecule has 10 heteroatoms. The summed E-state index contributed by atoms with van der Waals surface area (Å²) in [5.74, 6) is 1.35. The molecule has 0 unspecified atom stereocenters. The summed E-state index contributed by atoms with van der Waals surface area (Å²) < 4.78 is 6.44. The summed E-state index contributed by atoms with van der Waals surface area (Å²) in [7, 11) is 1.32. The monoisotopic (exact) mass is 429 g/mol. The second-order valence-electron chi connectivity index (χ2n) is 6.35. The molecule has 4 rings (SSSR count). The second kappa shape index (κ2) is 8.42. The number of carbonyl (C=O) groups is 2. The number of benzene rings is 1. The van der Waals surface area contributed by atoms with Gasteiger partial charge in [0, 0.05) is 17.7 Å². The lowest BCUT2D eigenvalue weighted by Gasteiger charge is -2.16. The van der Waals surface area contributed by atoms with Crippen LogP contribution in [-0.2, 0) is 14.3 Å². The number of fused-ring (bicyclic) bond motifs is 3. The first-order valence-electron chi connectivity index (χ1n) is 9.04. The molecule has 1 amide bonds. The Morgan fingerprint density at radius 2 is 2.17 bits per heavy atom. The molecule has 0 radical (unpaired) electrons. The van der Waals surface area contributed by atoms with Crippen molar-refractivity contribution in [1.82, 2.24) is 24.5 Å². The third-order valence-electron chi connectivity index (χ3n) is 4.37. The predicted molar refractivity (Wildman–Crippen MR) is 113 cm³/mol. The van der Waals surface area contributed by atoms with E-state index in [9.17, 15) is 9.59 Å². The molecular formula is C19H19N5O3S2. The largest absolute Gasteiger partial charge is 0.466 e. The van der Waals surface area contributed by atoms with Crippen molar-refractivity contribution in [3.05, 3.63) is 41.2 Å². The molecule has 1 fully saturated rings. The summed E-state index contributed by atoms with van der Waals surface area (Å²) >= 11 is 2.93. The predicted octanol–water partition coefficient (Wildman–Crippen LogP) is 2.66. The summed E-state index contributed by atoms with van der Waals surface area (Å²) in [5.41, 5.74) is 1.68. The topological polar surface area (TPSA) is 89.7 Å². The average Bonchev–Trinajstić information content (AvgIpc) is 3.28. The van der Waals surface area contributed by atoms with Crippen LogP contribution in [0.5, 0.6) is 0 Å². The van der Waals surface area contributed by atoms with Crippen LogP contribution in [-0.4, -0.2) is 61.5 Å². The van der Waals surface area contributed by atoms with Crippen molar-refractivity contribution in [2.75, 3.05) is 25.2 Å². The first-order valence-corrected chi connectivity index (χ1v) is 11.0. The number of para-hydroxylation sites is 1. The van der Waals surface area contributed by atoms with Gasteiger partial charge < -0.3 is 9.64 Å². The van der Waals surface area contributed by atoms with Gasteiger partial charge in [-0.1, -0.05) is 35.7 Å². The van der Waals surface area contributed by atoms with E-state index in [2.05, 4.69) is 14.8 Å². The molecule has 1 aliphatic rings. The van der Waals surface area contributed by atoms with Crippen molar-refractivity contribution in [3.8, 4) is 0 Å². The van der Waals surface area contributed by atoms with Crippen molar-refractivity contribution >= 4 is 52.0 Å². The van der Waals surface area contributed by atoms with Crippen molar-refractivity contribution in [3.63, 3.8) is 0 Å². The quantitative estimate of drug-likeness (QED) is 0.194. The summed E-state index contributed by atoms with van der Waals surface area (Å²) in [6.45, 7) is 2.40. The third-order valence-corrected chi connectivity index (χ3v) is 6.41. The van der Waals surface area contributed by atoms with Crippen LogP contribution in [0.25, 0.3) is 16.6 Å². The van der Waals surface area contributed by atoms with E-state index < -0.39 is 5.97 Å². The zero-order valence-corrected chi connectivity index (χ0v) is 17.6. The molecule has 29 heavy (non-hydrogen) atoms. The van der Waals surface area contributed by atoms with Gasteiger partial charge in [0.25, 0.3) is 0 Å². The van der Waals surface area contributed by atoms with Gasteiger partial charge in [-0.25, -0.2) is 14.8 Å². The maximum Gasteiger partial charge on any atom is 0.333 e. The number of carbonyl (C=O) groups excluding carboxylic acids is 2. The Balaban J connectivity index is 1.47. The van der Waals surface area contributed by atoms with Crippen LogP contribution < -0.4 is 0 Å². The molecule has 0 saturated carbocycles. The van der Waals surface area contributed by atoms with E-state index in [-0.39, 0.29) is 5.91 Å². The number of nitrogens with zero attached hydrogens (tertiary/aromatic N) is 5. The van der Waals surface area contributed by atoms with E-state index >= 15 is 0 Å². The Labute approximate surface area is 175 Å². The smallest absolute Gasteiger partial charge is 0.333 e. The van der Waals surface area contributed by atoms with Crippen LogP contribution in [0.15, 0.2) is 40.5 Å². The fourth-order valence-electron chi connectivity index (χ4n) is 3.04. The van der Waals surface area contributed by atoms with Gasteiger partial charge in [-0.15, -0.1) is 5.10 Å². The fraction of sp³-hybridized carbons (Fsp3) is 0.316. The number of methoxy groups -OCH3 is 1. The Morgan fingerprint density at radius 3 is 3.00 bits per heavy atom. The lowest BCUT2D eigenvalue weighted by atomic mass is 10.2. The van der Waals surface area contributed by atoms with Gasteiger partial charge >= 0.3 is 5.97 Å². The molecular weight excluding hydrogens is 410 g/mol. The number of hydrogen-bond acceptors (Lipinski definition) is 8. The zero-order valence-electron chi connectivity index (χ0n) is 16.0. The van der Waals surface area contributed by atoms with Crippen molar-refractivity contribution < 1.29 is 14.3 Å². The minimum atomic E-state index is -0.453. The third kappa shape index (κ3) is 4.08. The Kier molecular flexibility index (Phi) is 5.72. The lowest BCUT2D eigenvalue weighted by Crippen LogP contribution is -2.26. The number of hydrogen-bond donors (Lipinski definition) is 0. The number of aromatic nitrogens is 4. The van der Waals surface area contributed by atoms with Gasteiger partial charge in [0.15, 0.2) is 10.8 Å². The Bertz CT molecular complexity index is 1130. The highest BCUT2D eigenvalue weighted by Crippen LogP contribution is 2.30. The van der Waals surface area contributed by atoms with Gasteiger partial charge in [-0.3, -0.25) is 4.79 Å². The second-order valence-corrected chi connectivity index (χ2v) is 8.41. The van der Waals surface area contributed by atoms with Gasteiger partial charge in [0.05, 0.1) is 29.5 Å². The van der Waals surface area contributed by atoms with Crippen molar-refractivity contribution in [2.45, 2.75) is 18.5 Å². The highest BCUT2D eigenvalue weighted by Gasteiger charge is 2.27. The van der Waals surface area contributed by atoms with E-state index in [1.165, 1.54) is 24.9 Å². The highest BCUT2D eigenvalue weighted by atomic mass is 32.2. The molecule has 2 aromatic heterocycles. The molecule has 1 aromatic carbocycles. The van der Waals surface area contributed by atoms with Crippen LogP contribution in [0, 0.1) is 6.92 Å². The Morgan fingerprint density at radius 1 is 1.34 bits per heavy atom. The van der Waals surface area contributed by atoms with Gasteiger partial charge in [0.1, 0.15) is 5.82 Å². The minimum Gasteiger partial charge on any atom is -0.466 e. The van der Waals surface area contributed by atoms with Crippen molar-refractivity contribution in [1.29, 1.82) is 0 Å². The van der Waals surface area contributed by atoms with E-state index in [0.717, 1.165) is 33.9 Å². The maximum atomic E-state index is 12.1. The summed E-state index contributed by atoms with van der Waals surface area (Å²) in [6.07, 6.45) is 2.12. The van der Waals surface area contributed by atoms with Gasteiger partial charge in [-0.2, -0.15) is 4.52 Å². The number of esters is 1. The molecule has 3 aromatic rings. The highest BCUT2D eigenvalue weighted by molar-refractivity contribution is 8.04. The number of amides is 1. The van der Waals surface area contributed by atoms with Crippen molar-refractivity contribution in [2.24, 2.45) is 0 Å². The number of rotatable bonds is 6. The molecule has 0 N–H and O–H groups in total. The summed E-state index contributed by atoms with van der Waals surface area (Å²) in [5, 5.41) is 6.86. The first kappa shape index (κ1) is 19.7. The molecule has 150 valence electrons. The lowest BCUT2D eigenvalue weighted by molar-refractivity contribution is -0.134. The minimum absolute atomic E-state index is 0.00766. The summed E-state index contributed by atoms with van der Waals surface area (Å²) in [6, 6.07) is 7.88. The number of aryl methyl sites for hydroxylation is 1. The van der Waals surface area contributed by atoms with Crippen LogP contribution in [0.3, 0.4) is 0 Å². The zero-order chi connectivity index (χ0) is 20.4. The molecule has 1 saturated heterocycles. The van der Waals surface area contributed by atoms with Crippen LogP contribution in [0.4, 0.5) is 0 Å². The normalized spacial score (nSPS) is 15.7. The van der Waals surface area contributed by atoms with E-state index in [4.69, 9.17) is 4.98 Å². The van der Waals surface area contributed by atoms with Crippen LogP contribution in [0.2, 0.25) is 0 Å². The molecule has 0 aliphatic carbocycles. The number of ether oxygens (including phenoxy) is 1. The van der Waals surface area contributed by atoms with Crippen LogP contribution >= 0.6 is 23.5 Å². The van der Waals surface area contributed by atoms with Crippen LogP contribution in [0.1, 0.15) is 12.2 Å². The van der Waals surface area contributed by atoms with E-state index in [1.807, 2.05) is 31.2 Å². The Hall–Kier alpha value is -2.59. The maximum absolute atomic E-state index is 12.1. The molecule has 0 bridgehead atoms. The van der Waals surface area contributed by atoms with Gasteiger partial charge in [0.2, 0.25) is 5.91 Å². The molecule has 0 atom stereocenters. The molecule has 8 nitrogen and oxygen atoms in total. The molecule has 3 heterocycles. The molecule has 0 spiro atoms. The van der Waals surface area contributed by atoms with E-state index in [0.29, 0.717) is 23.2 Å². The molecule has 1 aliphatic heterocycles. The summed E-state index contributed by atoms with van der Waals surface area (Å²) in [4.78, 5) is 34.5.